The van der Waals surface area contributed by atoms with Gasteiger partial charge >= 0.3 is 0 Å². The predicted octanol–water partition coefficient (Wildman–Crippen LogP) is 3.38. The molecule has 0 saturated heterocycles. The molecule has 0 unspecified atom stereocenters. The number of Topliss-reactive ketones (excluding diaryl/α,β-unsaturated/α-hetero) is 1. The molecular weight excluding hydrogens is 471 g/mol. The normalized spacial score (nSPS) is 14.2. The molecule has 1 aromatic heterocycles. The van der Waals surface area contributed by atoms with Crippen molar-refractivity contribution in [2.24, 2.45) is 0 Å². The van der Waals surface area contributed by atoms with Crippen LogP contribution >= 0.6 is 11.5 Å². The van der Waals surface area contributed by atoms with Crippen molar-refractivity contribution >= 4 is 41.1 Å². The molecule has 8 nitrogen and oxygen atoms in total. The molecule has 0 saturated carbocycles. The molecule has 0 bridgehead atoms. The molecule has 0 atom stereocenters. The fourth-order valence-electron chi connectivity index (χ4n) is 4.05. The summed E-state index contributed by atoms with van der Waals surface area (Å²) in [5, 5.41) is 1.86. The third-order valence-electron chi connectivity index (χ3n) is 5.84. The van der Waals surface area contributed by atoms with Gasteiger partial charge in [0.05, 0.1) is 29.1 Å². The van der Waals surface area contributed by atoms with E-state index < -0.39 is 23.5 Å². The maximum absolute atomic E-state index is 13.4. The summed E-state index contributed by atoms with van der Waals surface area (Å²) in [6.07, 6.45) is 5.21. The number of hydrogen-bond acceptors (Lipinski definition) is 7. The SMILES string of the molecule is O=C(CCN(C(=O)CN1C=Cc2sncc2C1)N1C(=O)c2ccccc2C1=O)c1ccc(F)cc1. The Morgan fingerprint density at radius 2 is 1.71 bits per heavy atom. The Bertz CT molecular complexity index is 1330. The zero-order valence-corrected chi connectivity index (χ0v) is 19.2. The average molecular weight is 491 g/mol. The lowest BCUT2D eigenvalue weighted by molar-refractivity contribution is -0.142. The number of nitrogens with zero attached hydrogens (tertiary/aromatic N) is 4. The van der Waals surface area contributed by atoms with Crippen molar-refractivity contribution in [3.8, 4) is 0 Å². The number of hydrazine groups is 1. The van der Waals surface area contributed by atoms with E-state index in [-0.39, 0.29) is 42.0 Å². The molecule has 0 fully saturated rings. The van der Waals surface area contributed by atoms with Crippen LogP contribution in [0.25, 0.3) is 6.08 Å². The third kappa shape index (κ3) is 4.35. The molecule has 0 aliphatic carbocycles. The number of amides is 3. The van der Waals surface area contributed by atoms with Crippen LogP contribution in [0.2, 0.25) is 0 Å². The molecule has 10 heteroatoms. The quantitative estimate of drug-likeness (QED) is 0.373. The summed E-state index contributed by atoms with van der Waals surface area (Å²) in [4.78, 5) is 55.0. The molecule has 0 radical (unpaired) electrons. The van der Waals surface area contributed by atoms with Gasteiger partial charge in [0.2, 0.25) is 0 Å². The van der Waals surface area contributed by atoms with Gasteiger partial charge in [0.1, 0.15) is 5.82 Å². The van der Waals surface area contributed by atoms with E-state index in [9.17, 15) is 23.6 Å². The van der Waals surface area contributed by atoms with E-state index in [4.69, 9.17) is 0 Å². The summed E-state index contributed by atoms with van der Waals surface area (Å²) >= 11 is 1.36. The van der Waals surface area contributed by atoms with Crippen LogP contribution in [0.3, 0.4) is 0 Å². The van der Waals surface area contributed by atoms with E-state index in [1.54, 1.807) is 29.4 Å². The van der Waals surface area contributed by atoms with Crippen LogP contribution in [0.5, 0.6) is 0 Å². The summed E-state index contributed by atoms with van der Waals surface area (Å²) in [5.41, 5.74) is 1.65. The van der Waals surface area contributed by atoms with E-state index in [1.807, 2.05) is 6.08 Å². The lowest BCUT2D eigenvalue weighted by Crippen LogP contribution is -2.52. The predicted molar refractivity (Wildman–Crippen MR) is 126 cm³/mol. The highest BCUT2D eigenvalue weighted by Crippen LogP contribution is 2.26. The average Bonchev–Trinajstić information content (AvgIpc) is 3.43. The largest absolute Gasteiger partial charge is 0.364 e. The van der Waals surface area contributed by atoms with Gasteiger partial charge in [0, 0.05) is 36.5 Å². The number of carbonyl (C=O) groups is 4. The summed E-state index contributed by atoms with van der Waals surface area (Å²) in [5.74, 6) is -2.56. The van der Waals surface area contributed by atoms with Crippen molar-refractivity contribution in [2.75, 3.05) is 13.1 Å². The Balaban J connectivity index is 1.37. The van der Waals surface area contributed by atoms with Crippen molar-refractivity contribution in [3.05, 3.63) is 93.9 Å². The van der Waals surface area contributed by atoms with Gasteiger partial charge in [-0.25, -0.2) is 13.8 Å². The Morgan fingerprint density at radius 3 is 2.40 bits per heavy atom. The second-order valence-electron chi connectivity index (χ2n) is 8.10. The maximum Gasteiger partial charge on any atom is 0.280 e. The standard InChI is InChI=1S/C25H19FN4O4S/c26-18-7-5-16(6-8-18)21(31)9-12-29(30-24(33)19-3-1-2-4-20(19)25(30)34)23(32)15-28-11-10-22-17(14-28)13-27-35-22/h1-8,10-11,13H,9,12,14-15H2. The second-order valence-corrected chi connectivity index (χ2v) is 8.93. The Kier molecular flexibility index (Phi) is 5.96. The highest BCUT2D eigenvalue weighted by atomic mass is 32.1. The molecule has 176 valence electrons. The Morgan fingerprint density at radius 1 is 1.03 bits per heavy atom. The monoisotopic (exact) mass is 490 g/mol. The lowest BCUT2D eigenvalue weighted by Gasteiger charge is -2.32. The van der Waals surface area contributed by atoms with Crippen LogP contribution in [0.1, 0.15) is 47.9 Å². The highest BCUT2D eigenvalue weighted by molar-refractivity contribution is 7.06. The fraction of sp³-hybridized carbons (Fsp3) is 0.160. The first kappa shape index (κ1) is 22.6. The van der Waals surface area contributed by atoms with Gasteiger partial charge in [-0.2, -0.15) is 5.01 Å². The molecule has 3 amide bonds. The highest BCUT2D eigenvalue weighted by Gasteiger charge is 2.41. The summed E-state index contributed by atoms with van der Waals surface area (Å²) in [6.45, 7) is 0.159. The molecule has 35 heavy (non-hydrogen) atoms. The molecule has 5 rings (SSSR count). The van der Waals surface area contributed by atoms with Crippen molar-refractivity contribution in [3.63, 3.8) is 0 Å². The zero-order valence-electron chi connectivity index (χ0n) is 18.4. The topological polar surface area (TPSA) is 90.9 Å². The molecule has 2 aliphatic rings. The van der Waals surface area contributed by atoms with E-state index in [0.29, 0.717) is 6.54 Å². The number of rotatable bonds is 7. The zero-order chi connectivity index (χ0) is 24.5. The number of aromatic nitrogens is 1. The molecule has 2 aliphatic heterocycles. The van der Waals surface area contributed by atoms with Gasteiger partial charge < -0.3 is 4.90 Å². The second kappa shape index (κ2) is 9.22. The number of imide groups is 1. The van der Waals surface area contributed by atoms with Gasteiger partial charge in [-0.15, -0.1) is 0 Å². The smallest absolute Gasteiger partial charge is 0.280 e. The molecule has 3 aromatic rings. The van der Waals surface area contributed by atoms with Gasteiger partial charge in [-0.3, -0.25) is 19.2 Å². The number of fused-ring (bicyclic) bond motifs is 2. The van der Waals surface area contributed by atoms with E-state index in [0.717, 1.165) is 20.5 Å². The summed E-state index contributed by atoms with van der Waals surface area (Å²) in [6, 6.07) is 11.4. The number of carbonyl (C=O) groups excluding carboxylic acids is 4. The van der Waals surface area contributed by atoms with E-state index >= 15 is 0 Å². The third-order valence-corrected chi connectivity index (χ3v) is 6.65. The maximum atomic E-state index is 13.4. The van der Waals surface area contributed by atoms with Crippen LogP contribution < -0.4 is 0 Å². The van der Waals surface area contributed by atoms with Crippen LogP contribution in [0.4, 0.5) is 4.39 Å². The van der Waals surface area contributed by atoms with Crippen LogP contribution in [0, 0.1) is 5.82 Å². The fourth-order valence-corrected chi connectivity index (χ4v) is 4.70. The van der Waals surface area contributed by atoms with Gasteiger partial charge in [-0.05, 0) is 54.0 Å². The van der Waals surface area contributed by atoms with Crippen LogP contribution in [-0.2, 0) is 11.3 Å². The minimum Gasteiger partial charge on any atom is -0.364 e. The van der Waals surface area contributed by atoms with Crippen molar-refractivity contribution in [2.45, 2.75) is 13.0 Å². The van der Waals surface area contributed by atoms with Crippen molar-refractivity contribution < 1.29 is 23.6 Å². The van der Waals surface area contributed by atoms with Crippen molar-refractivity contribution in [1.29, 1.82) is 0 Å². The molecule has 2 aromatic carbocycles. The van der Waals surface area contributed by atoms with Crippen molar-refractivity contribution in [1.82, 2.24) is 19.3 Å². The van der Waals surface area contributed by atoms with Gasteiger partial charge in [-0.1, -0.05) is 12.1 Å². The van der Waals surface area contributed by atoms with E-state index in [2.05, 4.69) is 4.37 Å². The number of benzene rings is 2. The molecule has 0 N–H and O–H groups in total. The lowest BCUT2D eigenvalue weighted by atomic mass is 10.1. The first-order valence-corrected chi connectivity index (χ1v) is 11.6. The molecule has 3 heterocycles. The van der Waals surface area contributed by atoms with E-state index in [1.165, 1.54) is 47.9 Å². The van der Waals surface area contributed by atoms with Gasteiger partial charge in [0.15, 0.2) is 5.78 Å². The Hall–Kier alpha value is -4.18. The number of hydrogen-bond donors (Lipinski definition) is 0. The van der Waals surface area contributed by atoms with Gasteiger partial charge in [0.25, 0.3) is 17.7 Å². The molecular formula is C25H19FN4O4S. The first-order chi connectivity index (χ1) is 16.9. The minimum absolute atomic E-state index is 0.107. The number of ketones is 1. The minimum atomic E-state index is -0.619. The summed E-state index contributed by atoms with van der Waals surface area (Å²) in [7, 11) is 0. The van der Waals surface area contributed by atoms with Crippen LogP contribution in [-0.4, -0.2) is 55.9 Å². The Labute approximate surface area is 204 Å². The molecule has 0 spiro atoms. The number of halogens is 1. The summed E-state index contributed by atoms with van der Waals surface area (Å²) < 4.78 is 17.4. The van der Waals surface area contributed by atoms with Crippen LogP contribution in [0.15, 0.2) is 60.9 Å². The first-order valence-electron chi connectivity index (χ1n) is 10.8.